The molecule has 0 bridgehead atoms. The van der Waals surface area contributed by atoms with E-state index >= 15 is 0 Å². The average molecular weight is 224 g/mol. The predicted octanol–water partition coefficient (Wildman–Crippen LogP) is 0.375. The van der Waals surface area contributed by atoms with Crippen LogP contribution in [0.3, 0.4) is 0 Å². The largest absolute Gasteiger partial charge is 0.385 e. The van der Waals surface area contributed by atoms with Crippen LogP contribution in [-0.4, -0.2) is 35.9 Å². The molecular formula is C10H16N4O2. The summed E-state index contributed by atoms with van der Waals surface area (Å²) in [6.45, 7) is 1.48. The Balaban J connectivity index is 2.24. The quantitative estimate of drug-likeness (QED) is 0.777. The summed E-state index contributed by atoms with van der Waals surface area (Å²) in [5.41, 5.74) is 6.23. The summed E-state index contributed by atoms with van der Waals surface area (Å²) in [6.07, 6.45) is 3.67. The van der Waals surface area contributed by atoms with E-state index < -0.39 is 5.91 Å². The van der Waals surface area contributed by atoms with E-state index in [1.807, 2.05) is 10.9 Å². The van der Waals surface area contributed by atoms with Crippen LogP contribution in [0.4, 0.5) is 5.69 Å². The van der Waals surface area contributed by atoms with Crippen LogP contribution in [0.5, 0.6) is 0 Å². The zero-order chi connectivity index (χ0) is 11.5. The molecule has 0 atom stereocenters. The molecule has 2 heterocycles. The van der Waals surface area contributed by atoms with Crippen molar-refractivity contribution in [2.75, 3.05) is 25.6 Å². The molecule has 1 saturated heterocycles. The normalized spacial score (nSPS) is 17.3. The van der Waals surface area contributed by atoms with Crippen molar-refractivity contribution in [2.45, 2.75) is 18.9 Å². The van der Waals surface area contributed by atoms with Crippen molar-refractivity contribution in [3.05, 3.63) is 11.9 Å². The molecule has 88 valence electrons. The van der Waals surface area contributed by atoms with Crippen LogP contribution in [0.25, 0.3) is 0 Å². The summed E-state index contributed by atoms with van der Waals surface area (Å²) in [5.74, 6) is -0.504. The van der Waals surface area contributed by atoms with Crippen molar-refractivity contribution in [2.24, 2.45) is 5.73 Å². The summed E-state index contributed by atoms with van der Waals surface area (Å²) in [7, 11) is 1.75. The standard InChI is InChI=1S/C10H16N4O2/c1-12-8-6-14(13-9(8)10(11)15)7-2-4-16-5-3-7/h6-7,12H,2-5H2,1H3,(H2,11,15). The molecule has 0 unspecified atom stereocenters. The molecule has 0 aliphatic carbocycles. The van der Waals surface area contributed by atoms with E-state index in [-0.39, 0.29) is 0 Å². The number of rotatable bonds is 3. The van der Waals surface area contributed by atoms with Gasteiger partial charge in [-0.1, -0.05) is 0 Å². The lowest BCUT2D eigenvalue weighted by atomic mass is 10.1. The maximum absolute atomic E-state index is 11.2. The molecule has 6 nitrogen and oxygen atoms in total. The molecular weight excluding hydrogens is 208 g/mol. The third-order valence-corrected chi connectivity index (χ3v) is 2.80. The fourth-order valence-corrected chi connectivity index (χ4v) is 1.89. The number of nitrogens with two attached hydrogens (primary N) is 1. The van der Waals surface area contributed by atoms with E-state index in [0.717, 1.165) is 26.1 Å². The van der Waals surface area contributed by atoms with Gasteiger partial charge in [-0.3, -0.25) is 9.48 Å². The predicted molar refractivity (Wildman–Crippen MR) is 59.4 cm³/mol. The van der Waals surface area contributed by atoms with E-state index in [9.17, 15) is 4.79 Å². The Morgan fingerprint density at radius 1 is 1.62 bits per heavy atom. The molecule has 1 aliphatic rings. The molecule has 1 aromatic heterocycles. The fourth-order valence-electron chi connectivity index (χ4n) is 1.89. The van der Waals surface area contributed by atoms with Crippen molar-refractivity contribution < 1.29 is 9.53 Å². The molecule has 0 radical (unpaired) electrons. The van der Waals surface area contributed by atoms with E-state index in [1.54, 1.807) is 7.05 Å². The zero-order valence-electron chi connectivity index (χ0n) is 9.27. The Morgan fingerprint density at radius 2 is 2.31 bits per heavy atom. The van der Waals surface area contributed by atoms with Crippen molar-refractivity contribution in [3.63, 3.8) is 0 Å². The summed E-state index contributed by atoms with van der Waals surface area (Å²) < 4.78 is 7.10. The van der Waals surface area contributed by atoms with Gasteiger partial charge in [-0.05, 0) is 12.8 Å². The minimum atomic E-state index is -0.504. The molecule has 6 heteroatoms. The van der Waals surface area contributed by atoms with E-state index in [4.69, 9.17) is 10.5 Å². The van der Waals surface area contributed by atoms with Gasteiger partial charge in [-0.15, -0.1) is 0 Å². The lowest BCUT2D eigenvalue weighted by Gasteiger charge is -2.22. The number of carbonyl (C=O) groups excluding carboxylic acids is 1. The first-order chi connectivity index (χ1) is 7.72. The minimum absolute atomic E-state index is 0.300. The van der Waals surface area contributed by atoms with Crippen molar-refractivity contribution in [3.8, 4) is 0 Å². The second-order valence-corrected chi connectivity index (χ2v) is 3.83. The topological polar surface area (TPSA) is 82.2 Å². The van der Waals surface area contributed by atoms with Crippen molar-refractivity contribution in [1.82, 2.24) is 9.78 Å². The Morgan fingerprint density at radius 3 is 2.81 bits per heavy atom. The zero-order valence-corrected chi connectivity index (χ0v) is 9.27. The highest BCUT2D eigenvalue weighted by Gasteiger charge is 2.20. The van der Waals surface area contributed by atoms with Crippen molar-refractivity contribution >= 4 is 11.6 Å². The lowest BCUT2D eigenvalue weighted by Crippen LogP contribution is -2.21. The van der Waals surface area contributed by atoms with Gasteiger partial charge in [0.2, 0.25) is 0 Å². The Labute approximate surface area is 93.8 Å². The number of primary amides is 1. The highest BCUT2D eigenvalue weighted by Crippen LogP contribution is 2.23. The summed E-state index contributed by atoms with van der Waals surface area (Å²) in [5, 5.41) is 7.15. The van der Waals surface area contributed by atoms with Crippen molar-refractivity contribution in [1.29, 1.82) is 0 Å². The van der Waals surface area contributed by atoms with Crippen LogP contribution in [0.15, 0.2) is 6.20 Å². The van der Waals surface area contributed by atoms with E-state index in [1.165, 1.54) is 0 Å². The van der Waals surface area contributed by atoms with E-state index in [0.29, 0.717) is 17.4 Å². The lowest BCUT2D eigenvalue weighted by molar-refractivity contribution is 0.0661. The van der Waals surface area contributed by atoms with Crippen LogP contribution >= 0.6 is 0 Å². The first-order valence-corrected chi connectivity index (χ1v) is 5.37. The third kappa shape index (κ3) is 2.01. The number of carbonyl (C=O) groups is 1. The number of nitrogens with zero attached hydrogens (tertiary/aromatic N) is 2. The number of aromatic nitrogens is 2. The number of ether oxygens (including phenoxy) is 1. The molecule has 1 fully saturated rings. The number of amides is 1. The second kappa shape index (κ2) is 4.52. The molecule has 1 aromatic rings. The molecule has 0 spiro atoms. The summed E-state index contributed by atoms with van der Waals surface area (Å²) >= 11 is 0. The molecule has 16 heavy (non-hydrogen) atoms. The van der Waals surface area contributed by atoms with Gasteiger partial charge in [-0.25, -0.2) is 0 Å². The SMILES string of the molecule is CNc1cn(C2CCOCC2)nc1C(N)=O. The van der Waals surface area contributed by atoms with Gasteiger partial charge in [0, 0.05) is 26.5 Å². The minimum Gasteiger partial charge on any atom is -0.385 e. The number of anilines is 1. The number of nitrogens with one attached hydrogen (secondary N) is 1. The van der Waals surface area contributed by atoms with Crippen LogP contribution in [0.2, 0.25) is 0 Å². The number of hydrogen-bond donors (Lipinski definition) is 2. The fraction of sp³-hybridized carbons (Fsp3) is 0.600. The maximum Gasteiger partial charge on any atom is 0.271 e. The van der Waals surface area contributed by atoms with Gasteiger partial charge in [0.05, 0.1) is 11.7 Å². The molecule has 2 rings (SSSR count). The highest BCUT2D eigenvalue weighted by molar-refractivity contribution is 5.96. The molecule has 3 N–H and O–H groups in total. The molecule has 1 amide bonds. The monoisotopic (exact) mass is 224 g/mol. The Kier molecular flexibility index (Phi) is 3.09. The molecule has 0 saturated carbocycles. The van der Waals surface area contributed by atoms with Gasteiger partial charge in [0.25, 0.3) is 5.91 Å². The van der Waals surface area contributed by atoms with E-state index in [2.05, 4.69) is 10.4 Å². The first-order valence-electron chi connectivity index (χ1n) is 5.37. The average Bonchev–Trinajstić information content (AvgIpc) is 2.74. The van der Waals surface area contributed by atoms with Crippen LogP contribution in [-0.2, 0) is 4.74 Å². The summed E-state index contributed by atoms with van der Waals surface area (Å²) in [4.78, 5) is 11.2. The van der Waals surface area contributed by atoms with Crippen LogP contribution in [0, 0.1) is 0 Å². The van der Waals surface area contributed by atoms with Gasteiger partial charge >= 0.3 is 0 Å². The maximum atomic E-state index is 11.2. The molecule has 1 aliphatic heterocycles. The third-order valence-electron chi connectivity index (χ3n) is 2.80. The van der Waals surface area contributed by atoms with Crippen LogP contribution in [0.1, 0.15) is 29.4 Å². The molecule has 0 aromatic carbocycles. The van der Waals surface area contributed by atoms with Crippen LogP contribution < -0.4 is 11.1 Å². The van der Waals surface area contributed by atoms with Gasteiger partial charge in [-0.2, -0.15) is 5.10 Å². The first kappa shape index (κ1) is 10.9. The summed E-state index contributed by atoms with van der Waals surface area (Å²) in [6, 6.07) is 0.300. The second-order valence-electron chi connectivity index (χ2n) is 3.83. The van der Waals surface area contributed by atoms with Gasteiger partial charge in [0.15, 0.2) is 5.69 Å². The highest BCUT2D eigenvalue weighted by atomic mass is 16.5. The smallest absolute Gasteiger partial charge is 0.271 e. The Bertz CT molecular complexity index is 382. The Hall–Kier alpha value is -1.56. The van der Waals surface area contributed by atoms with Gasteiger partial charge in [0.1, 0.15) is 0 Å². The van der Waals surface area contributed by atoms with Gasteiger partial charge < -0.3 is 15.8 Å². The number of hydrogen-bond acceptors (Lipinski definition) is 4.